The van der Waals surface area contributed by atoms with E-state index in [1.165, 1.54) is 0 Å². The Morgan fingerprint density at radius 1 is 1.00 bits per heavy atom. The molecular weight excluding hydrogens is 248 g/mol. The van der Waals surface area contributed by atoms with Gasteiger partial charge in [0.2, 0.25) is 0 Å². The molecule has 2 rings (SSSR count). The van der Waals surface area contributed by atoms with Gasteiger partial charge in [-0.25, -0.2) is 0 Å². The first-order valence-electron chi connectivity index (χ1n) is 5.60. The number of hydrogen-bond acceptors (Lipinski definition) is 2. The molecule has 0 saturated carbocycles. The molecule has 0 aliphatic rings. The number of benzene rings is 2. The molecule has 0 bridgehead atoms. The molecule has 0 amide bonds. The lowest BCUT2D eigenvalue weighted by Gasteiger charge is -2.09. The van der Waals surface area contributed by atoms with Gasteiger partial charge in [-0.05, 0) is 61.4 Å². The predicted molar refractivity (Wildman–Crippen MR) is 72.8 cm³/mol. The Balaban J connectivity index is 2.25. The fraction of sp³-hybridized carbons (Fsp3) is 0.133. The van der Waals surface area contributed by atoms with Gasteiger partial charge in [0, 0.05) is 10.6 Å². The van der Waals surface area contributed by atoms with E-state index in [1.54, 1.807) is 24.3 Å². The van der Waals surface area contributed by atoms with Crippen LogP contribution in [0.2, 0.25) is 5.02 Å². The Kier molecular flexibility index (Phi) is 3.68. The van der Waals surface area contributed by atoms with E-state index in [2.05, 4.69) is 0 Å². The van der Waals surface area contributed by atoms with Gasteiger partial charge in [0.05, 0.1) is 0 Å². The normalized spacial score (nSPS) is 10.2. The first kappa shape index (κ1) is 12.7. The Labute approximate surface area is 111 Å². The number of aryl methyl sites for hydroxylation is 2. The third kappa shape index (κ3) is 2.71. The zero-order chi connectivity index (χ0) is 13.1. The topological polar surface area (TPSA) is 26.3 Å². The Bertz CT molecular complexity index is 551. The number of rotatable bonds is 3. The summed E-state index contributed by atoms with van der Waals surface area (Å²) in [4.78, 5) is 10.5. The van der Waals surface area contributed by atoms with Crippen molar-refractivity contribution in [1.82, 2.24) is 0 Å². The van der Waals surface area contributed by atoms with E-state index < -0.39 is 0 Å². The maximum atomic E-state index is 10.5. The molecule has 0 heterocycles. The highest BCUT2D eigenvalue weighted by molar-refractivity contribution is 6.32. The van der Waals surface area contributed by atoms with Crippen LogP contribution in [-0.4, -0.2) is 6.29 Å². The van der Waals surface area contributed by atoms with E-state index in [0.29, 0.717) is 11.3 Å². The fourth-order valence-electron chi connectivity index (χ4n) is 1.72. The van der Waals surface area contributed by atoms with Crippen molar-refractivity contribution < 1.29 is 9.53 Å². The second-order valence-corrected chi connectivity index (χ2v) is 4.54. The molecule has 18 heavy (non-hydrogen) atoms. The number of carbonyl (C=O) groups is 1. The van der Waals surface area contributed by atoms with Gasteiger partial charge in [-0.1, -0.05) is 11.6 Å². The minimum Gasteiger partial charge on any atom is -0.457 e. The number of halogens is 1. The van der Waals surface area contributed by atoms with Crippen molar-refractivity contribution in [2.24, 2.45) is 0 Å². The average molecular weight is 261 g/mol. The van der Waals surface area contributed by atoms with Crippen LogP contribution in [0.25, 0.3) is 0 Å². The van der Waals surface area contributed by atoms with Crippen LogP contribution in [0.3, 0.4) is 0 Å². The summed E-state index contributed by atoms with van der Waals surface area (Å²) in [5.74, 6) is 1.44. The molecule has 0 aliphatic carbocycles. The van der Waals surface area contributed by atoms with Crippen LogP contribution in [0.5, 0.6) is 11.5 Å². The molecule has 0 atom stereocenters. The standard InChI is InChI=1S/C15H13ClO2/c1-10-7-14(8-11(2)15(10)16)18-13-5-3-12(9-17)4-6-13/h3-9H,1-2H3. The van der Waals surface area contributed by atoms with E-state index in [-0.39, 0.29) is 0 Å². The lowest BCUT2D eigenvalue weighted by Crippen LogP contribution is -1.88. The van der Waals surface area contributed by atoms with Crippen molar-refractivity contribution >= 4 is 17.9 Å². The minimum atomic E-state index is 0.630. The molecule has 0 aliphatic heterocycles. The first-order chi connectivity index (χ1) is 8.60. The van der Waals surface area contributed by atoms with Crippen LogP contribution in [-0.2, 0) is 0 Å². The summed E-state index contributed by atoms with van der Waals surface area (Å²) in [5, 5.41) is 0.763. The lowest BCUT2D eigenvalue weighted by molar-refractivity contribution is 0.112. The molecular formula is C15H13ClO2. The van der Waals surface area contributed by atoms with E-state index >= 15 is 0 Å². The first-order valence-corrected chi connectivity index (χ1v) is 5.98. The molecule has 0 fully saturated rings. The molecule has 0 saturated heterocycles. The van der Waals surface area contributed by atoms with Gasteiger partial charge in [0.25, 0.3) is 0 Å². The number of ether oxygens (including phenoxy) is 1. The minimum absolute atomic E-state index is 0.630. The predicted octanol–water partition coefficient (Wildman–Crippen LogP) is 4.56. The highest BCUT2D eigenvalue weighted by atomic mass is 35.5. The molecule has 0 aromatic heterocycles. The van der Waals surface area contributed by atoms with Crippen molar-refractivity contribution in [3.8, 4) is 11.5 Å². The van der Waals surface area contributed by atoms with Crippen molar-refractivity contribution in [1.29, 1.82) is 0 Å². The average Bonchev–Trinajstić information content (AvgIpc) is 2.37. The van der Waals surface area contributed by atoms with Gasteiger partial charge < -0.3 is 4.74 Å². The van der Waals surface area contributed by atoms with E-state index in [9.17, 15) is 4.79 Å². The number of carbonyl (C=O) groups excluding carboxylic acids is 1. The molecule has 92 valence electrons. The van der Waals surface area contributed by atoms with Crippen LogP contribution >= 0.6 is 11.6 Å². The summed E-state index contributed by atoms with van der Waals surface area (Å²) < 4.78 is 5.72. The smallest absolute Gasteiger partial charge is 0.150 e. The largest absolute Gasteiger partial charge is 0.457 e. The molecule has 3 heteroatoms. The molecule has 0 radical (unpaired) electrons. The maximum absolute atomic E-state index is 10.5. The van der Waals surface area contributed by atoms with E-state index in [0.717, 1.165) is 28.2 Å². The third-order valence-corrected chi connectivity index (χ3v) is 3.26. The quantitative estimate of drug-likeness (QED) is 0.756. The van der Waals surface area contributed by atoms with Gasteiger partial charge in [-0.2, -0.15) is 0 Å². The molecule has 0 unspecified atom stereocenters. The van der Waals surface area contributed by atoms with Crippen LogP contribution in [0, 0.1) is 13.8 Å². The third-order valence-electron chi connectivity index (χ3n) is 2.66. The van der Waals surface area contributed by atoms with Gasteiger partial charge in [0.1, 0.15) is 17.8 Å². The summed E-state index contributed by atoms with van der Waals surface area (Å²) in [6.45, 7) is 3.88. The van der Waals surface area contributed by atoms with Crippen LogP contribution in [0.4, 0.5) is 0 Å². The monoisotopic (exact) mass is 260 g/mol. The van der Waals surface area contributed by atoms with Crippen LogP contribution in [0.15, 0.2) is 36.4 Å². The molecule has 2 nitrogen and oxygen atoms in total. The summed E-state index contributed by atoms with van der Waals surface area (Å²) >= 11 is 6.10. The molecule has 2 aromatic rings. The zero-order valence-corrected chi connectivity index (χ0v) is 11.0. The van der Waals surface area contributed by atoms with Crippen LogP contribution in [0.1, 0.15) is 21.5 Å². The second kappa shape index (κ2) is 5.23. The zero-order valence-electron chi connectivity index (χ0n) is 10.2. The van der Waals surface area contributed by atoms with Gasteiger partial charge in [-0.3, -0.25) is 4.79 Å². The number of hydrogen-bond donors (Lipinski definition) is 0. The van der Waals surface area contributed by atoms with Crippen molar-refractivity contribution in [3.05, 3.63) is 58.1 Å². The van der Waals surface area contributed by atoms with Crippen molar-refractivity contribution in [2.75, 3.05) is 0 Å². The summed E-state index contributed by atoms with van der Waals surface area (Å²) in [7, 11) is 0. The molecule has 0 spiro atoms. The van der Waals surface area contributed by atoms with Crippen molar-refractivity contribution in [2.45, 2.75) is 13.8 Å². The van der Waals surface area contributed by atoms with Gasteiger partial charge in [0.15, 0.2) is 0 Å². The number of aldehydes is 1. The summed E-state index contributed by atoms with van der Waals surface area (Å²) in [6, 6.07) is 10.8. The Morgan fingerprint density at radius 3 is 2.06 bits per heavy atom. The second-order valence-electron chi connectivity index (χ2n) is 4.16. The molecule has 2 aromatic carbocycles. The highest BCUT2D eigenvalue weighted by Gasteiger charge is 2.04. The lowest BCUT2D eigenvalue weighted by atomic mass is 10.1. The van der Waals surface area contributed by atoms with Gasteiger partial charge >= 0.3 is 0 Å². The van der Waals surface area contributed by atoms with Gasteiger partial charge in [-0.15, -0.1) is 0 Å². The van der Waals surface area contributed by atoms with E-state index in [4.69, 9.17) is 16.3 Å². The Hall–Kier alpha value is -1.80. The van der Waals surface area contributed by atoms with E-state index in [1.807, 2.05) is 26.0 Å². The SMILES string of the molecule is Cc1cc(Oc2ccc(C=O)cc2)cc(C)c1Cl. The highest BCUT2D eigenvalue weighted by Crippen LogP contribution is 2.29. The summed E-state index contributed by atoms with van der Waals surface area (Å²) in [6.07, 6.45) is 0.806. The maximum Gasteiger partial charge on any atom is 0.150 e. The fourth-order valence-corrected chi connectivity index (χ4v) is 1.82. The molecule has 0 N–H and O–H groups in total. The van der Waals surface area contributed by atoms with Crippen molar-refractivity contribution in [3.63, 3.8) is 0 Å². The Morgan fingerprint density at radius 2 is 1.56 bits per heavy atom. The summed E-state index contributed by atoms with van der Waals surface area (Å²) in [5.41, 5.74) is 2.60. The van der Waals surface area contributed by atoms with Crippen LogP contribution < -0.4 is 4.74 Å².